The van der Waals surface area contributed by atoms with Gasteiger partial charge in [0, 0.05) is 17.2 Å². The number of benzene rings is 2. The number of rotatable bonds is 3. The van der Waals surface area contributed by atoms with Gasteiger partial charge in [0.05, 0.1) is 6.04 Å². The Morgan fingerprint density at radius 3 is 2.17 bits per heavy atom. The van der Waals surface area contributed by atoms with Crippen molar-refractivity contribution in [2.75, 3.05) is 7.05 Å². The molecule has 0 bridgehead atoms. The summed E-state index contributed by atoms with van der Waals surface area (Å²) in [4.78, 5) is 0. The fourth-order valence-corrected chi connectivity index (χ4v) is 1.92. The minimum atomic E-state index is -0.697. The van der Waals surface area contributed by atoms with E-state index in [1.807, 2.05) is 0 Å². The van der Waals surface area contributed by atoms with Gasteiger partial charge in [0.15, 0.2) is 0 Å². The first kappa shape index (κ1) is 12.6. The zero-order valence-corrected chi connectivity index (χ0v) is 9.75. The third-order valence-electron chi connectivity index (χ3n) is 2.78. The normalized spacial score (nSPS) is 12.4. The Kier molecular flexibility index (Phi) is 3.67. The van der Waals surface area contributed by atoms with Crippen LogP contribution in [0.5, 0.6) is 0 Å². The largest absolute Gasteiger partial charge is 0.309 e. The van der Waals surface area contributed by atoms with Crippen molar-refractivity contribution in [3.05, 3.63) is 71.0 Å². The lowest BCUT2D eigenvalue weighted by atomic mass is 9.98. The van der Waals surface area contributed by atoms with Crippen LogP contribution in [0.15, 0.2) is 42.5 Å². The molecule has 18 heavy (non-hydrogen) atoms. The van der Waals surface area contributed by atoms with Crippen LogP contribution in [-0.2, 0) is 0 Å². The van der Waals surface area contributed by atoms with Crippen molar-refractivity contribution in [3.63, 3.8) is 0 Å². The highest BCUT2D eigenvalue weighted by Crippen LogP contribution is 2.26. The summed E-state index contributed by atoms with van der Waals surface area (Å²) in [5, 5.41) is 2.83. The lowest BCUT2D eigenvalue weighted by Crippen LogP contribution is -2.20. The maximum absolute atomic E-state index is 13.7. The smallest absolute Gasteiger partial charge is 0.131 e. The second-order valence-corrected chi connectivity index (χ2v) is 3.91. The molecule has 0 aliphatic rings. The van der Waals surface area contributed by atoms with Crippen LogP contribution in [-0.4, -0.2) is 7.05 Å². The Morgan fingerprint density at radius 1 is 0.889 bits per heavy atom. The third kappa shape index (κ3) is 2.38. The summed E-state index contributed by atoms with van der Waals surface area (Å²) >= 11 is 0. The highest BCUT2D eigenvalue weighted by atomic mass is 19.1. The van der Waals surface area contributed by atoms with Crippen LogP contribution in [0.1, 0.15) is 17.2 Å². The van der Waals surface area contributed by atoms with Gasteiger partial charge in [-0.05, 0) is 19.2 Å². The molecule has 0 aliphatic carbocycles. The van der Waals surface area contributed by atoms with Crippen molar-refractivity contribution < 1.29 is 13.2 Å². The Morgan fingerprint density at radius 2 is 1.56 bits per heavy atom. The van der Waals surface area contributed by atoms with E-state index in [4.69, 9.17) is 0 Å². The fraction of sp³-hybridized carbons (Fsp3) is 0.143. The third-order valence-corrected chi connectivity index (χ3v) is 2.78. The van der Waals surface area contributed by atoms with Crippen LogP contribution in [0.3, 0.4) is 0 Å². The summed E-state index contributed by atoms with van der Waals surface area (Å²) in [7, 11) is 1.60. The Balaban J connectivity index is 2.49. The lowest BCUT2D eigenvalue weighted by Gasteiger charge is -2.18. The average Bonchev–Trinajstić information content (AvgIpc) is 2.34. The molecule has 94 valence electrons. The van der Waals surface area contributed by atoms with Crippen molar-refractivity contribution in [3.8, 4) is 0 Å². The molecule has 0 spiro atoms. The first-order valence-corrected chi connectivity index (χ1v) is 5.50. The van der Waals surface area contributed by atoms with Gasteiger partial charge in [0.25, 0.3) is 0 Å². The van der Waals surface area contributed by atoms with Gasteiger partial charge in [0.2, 0.25) is 0 Å². The summed E-state index contributed by atoms with van der Waals surface area (Å²) in [6, 6.07) is 8.73. The average molecular weight is 251 g/mol. The molecule has 2 aromatic rings. The first-order valence-electron chi connectivity index (χ1n) is 5.50. The van der Waals surface area contributed by atoms with Gasteiger partial charge in [-0.3, -0.25) is 0 Å². The van der Waals surface area contributed by atoms with Gasteiger partial charge in [-0.2, -0.15) is 0 Å². The highest BCUT2D eigenvalue weighted by Gasteiger charge is 2.19. The van der Waals surface area contributed by atoms with Crippen molar-refractivity contribution in [1.29, 1.82) is 0 Å². The van der Waals surface area contributed by atoms with Gasteiger partial charge in [-0.15, -0.1) is 0 Å². The van der Waals surface area contributed by atoms with Crippen molar-refractivity contribution in [2.24, 2.45) is 0 Å². The predicted octanol–water partition coefficient (Wildman–Crippen LogP) is 3.41. The maximum Gasteiger partial charge on any atom is 0.131 e. The highest BCUT2D eigenvalue weighted by molar-refractivity contribution is 5.33. The molecule has 0 aliphatic heterocycles. The monoisotopic (exact) mass is 251 g/mol. The predicted molar refractivity (Wildman–Crippen MR) is 63.7 cm³/mol. The standard InChI is InChI=1S/C14H12F3N/c1-18-14(10-4-2-3-5-12(10)16)11-7-6-9(15)8-13(11)17/h2-8,14,18H,1H3. The van der Waals surface area contributed by atoms with Crippen molar-refractivity contribution in [1.82, 2.24) is 5.32 Å². The second-order valence-electron chi connectivity index (χ2n) is 3.91. The van der Waals surface area contributed by atoms with Gasteiger partial charge in [-0.25, -0.2) is 13.2 Å². The van der Waals surface area contributed by atoms with Gasteiger partial charge in [0.1, 0.15) is 17.5 Å². The molecule has 0 amide bonds. The molecule has 0 radical (unpaired) electrons. The quantitative estimate of drug-likeness (QED) is 0.881. The number of halogens is 3. The Hall–Kier alpha value is -1.81. The molecule has 4 heteroatoms. The molecule has 0 aromatic heterocycles. The summed E-state index contributed by atoms with van der Waals surface area (Å²) in [6.45, 7) is 0. The topological polar surface area (TPSA) is 12.0 Å². The van der Waals surface area contributed by atoms with E-state index in [1.165, 1.54) is 12.1 Å². The van der Waals surface area contributed by atoms with E-state index in [1.54, 1.807) is 25.2 Å². The lowest BCUT2D eigenvalue weighted by molar-refractivity contribution is 0.535. The van der Waals surface area contributed by atoms with Crippen LogP contribution in [0.4, 0.5) is 13.2 Å². The van der Waals surface area contributed by atoms with Crippen LogP contribution >= 0.6 is 0 Å². The maximum atomic E-state index is 13.7. The minimum Gasteiger partial charge on any atom is -0.309 e. The van der Waals surface area contributed by atoms with E-state index in [9.17, 15) is 13.2 Å². The number of hydrogen-bond acceptors (Lipinski definition) is 1. The van der Waals surface area contributed by atoms with E-state index >= 15 is 0 Å². The van der Waals surface area contributed by atoms with Crippen LogP contribution in [0, 0.1) is 17.5 Å². The molecule has 0 fully saturated rings. The molecule has 0 saturated heterocycles. The molecule has 2 rings (SSSR count). The fourth-order valence-electron chi connectivity index (χ4n) is 1.92. The molecule has 2 aromatic carbocycles. The molecular weight excluding hydrogens is 239 g/mol. The molecular formula is C14H12F3N. The molecule has 0 saturated carbocycles. The Bertz CT molecular complexity index is 554. The van der Waals surface area contributed by atoms with Gasteiger partial charge >= 0.3 is 0 Å². The molecule has 1 unspecified atom stereocenters. The molecule has 1 N–H and O–H groups in total. The Labute approximate surface area is 103 Å². The van der Waals surface area contributed by atoms with Crippen molar-refractivity contribution in [2.45, 2.75) is 6.04 Å². The number of nitrogens with one attached hydrogen (secondary N) is 1. The van der Waals surface area contributed by atoms with Gasteiger partial charge < -0.3 is 5.32 Å². The summed E-state index contributed by atoms with van der Waals surface area (Å²) in [5.41, 5.74) is 0.537. The zero-order chi connectivity index (χ0) is 13.1. The van der Waals surface area contributed by atoms with Gasteiger partial charge in [-0.1, -0.05) is 24.3 Å². The summed E-state index contributed by atoms with van der Waals surface area (Å²) in [6.07, 6.45) is 0. The summed E-state index contributed by atoms with van der Waals surface area (Å²) in [5.74, 6) is -1.78. The zero-order valence-electron chi connectivity index (χ0n) is 9.75. The first-order chi connectivity index (χ1) is 8.63. The molecule has 1 atom stereocenters. The van der Waals surface area contributed by atoms with Crippen LogP contribution in [0.2, 0.25) is 0 Å². The second kappa shape index (κ2) is 5.23. The van der Waals surface area contributed by atoms with E-state index in [0.29, 0.717) is 5.56 Å². The van der Waals surface area contributed by atoms with Crippen molar-refractivity contribution >= 4 is 0 Å². The van der Waals surface area contributed by atoms with Crippen LogP contribution < -0.4 is 5.32 Å². The van der Waals surface area contributed by atoms with E-state index < -0.39 is 23.5 Å². The minimum absolute atomic E-state index is 0.212. The molecule has 1 nitrogen and oxygen atoms in total. The van der Waals surface area contributed by atoms with E-state index in [-0.39, 0.29) is 5.56 Å². The summed E-state index contributed by atoms with van der Waals surface area (Å²) < 4.78 is 40.3. The van der Waals surface area contributed by atoms with E-state index in [0.717, 1.165) is 12.1 Å². The van der Waals surface area contributed by atoms with E-state index in [2.05, 4.69) is 5.32 Å². The molecule has 0 heterocycles. The van der Waals surface area contributed by atoms with Crippen LogP contribution in [0.25, 0.3) is 0 Å². The SMILES string of the molecule is CNC(c1ccccc1F)c1ccc(F)cc1F. The number of hydrogen-bond donors (Lipinski definition) is 1.